The molecule has 3 rings (SSSR count). The highest BCUT2D eigenvalue weighted by molar-refractivity contribution is 6.20. The van der Waals surface area contributed by atoms with Gasteiger partial charge in [-0.25, -0.2) is 0 Å². The number of pyridine rings is 1. The van der Waals surface area contributed by atoms with Crippen molar-refractivity contribution in [3.63, 3.8) is 0 Å². The van der Waals surface area contributed by atoms with Crippen molar-refractivity contribution < 1.29 is 4.79 Å². The van der Waals surface area contributed by atoms with Gasteiger partial charge in [0.25, 0.3) is 0 Å². The lowest BCUT2D eigenvalue weighted by Gasteiger charge is -2.30. The van der Waals surface area contributed by atoms with E-state index in [4.69, 9.17) is 0 Å². The van der Waals surface area contributed by atoms with E-state index in [-0.39, 0.29) is 5.78 Å². The fourth-order valence-corrected chi connectivity index (χ4v) is 2.68. The number of carbonyl (C=O) groups is 1. The molecule has 0 saturated carbocycles. The maximum atomic E-state index is 11.7. The van der Waals surface area contributed by atoms with Crippen molar-refractivity contribution in [2.75, 3.05) is 6.54 Å². The van der Waals surface area contributed by atoms with Gasteiger partial charge in [-0.3, -0.25) is 9.78 Å². The van der Waals surface area contributed by atoms with Crippen molar-refractivity contribution in [3.8, 4) is 0 Å². The van der Waals surface area contributed by atoms with Gasteiger partial charge < -0.3 is 4.90 Å². The van der Waals surface area contributed by atoms with Gasteiger partial charge in [-0.05, 0) is 25.0 Å². The Morgan fingerprint density at radius 1 is 1.59 bits per heavy atom. The van der Waals surface area contributed by atoms with Crippen LogP contribution >= 0.6 is 0 Å². The zero-order valence-corrected chi connectivity index (χ0v) is 9.81. The smallest absolute Gasteiger partial charge is 0.161 e. The average Bonchev–Trinajstić information content (AvgIpc) is 2.68. The molecule has 2 aliphatic rings. The number of ketones is 1. The molecule has 1 saturated heterocycles. The highest BCUT2D eigenvalue weighted by atomic mass is 16.1. The minimum Gasteiger partial charge on any atom is -0.365 e. The summed E-state index contributed by atoms with van der Waals surface area (Å²) in [5.74, 6) is 0.105. The molecular weight excluding hydrogens is 212 g/mol. The first-order valence-electron chi connectivity index (χ1n) is 5.76. The lowest BCUT2D eigenvalue weighted by molar-refractivity contribution is -0.111. The molecular formula is C14H14N2O. The van der Waals surface area contributed by atoms with Crippen LogP contribution in [0.15, 0.2) is 36.8 Å². The minimum atomic E-state index is 0.105. The molecule has 0 aromatic carbocycles. The van der Waals surface area contributed by atoms with Crippen LogP contribution in [0.5, 0.6) is 0 Å². The Labute approximate surface area is 100 Å². The van der Waals surface area contributed by atoms with Gasteiger partial charge in [-0.15, -0.1) is 0 Å². The lowest BCUT2D eigenvalue weighted by atomic mass is 9.91. The van der Waals surface area contributed by atoms with Crippen LogP contribution in [0.2, 0.25) is 0 Å². The van der Waals surface area contributed by atoms with Crippen molar-refractivity contribution in [2.24, 2.45) is 0 Å². The Morgan fingerprint density at radius 2 is 2.41 bits per heavy atom. The molecule has 1 aromatic heterocycles. The van der Waals surface area contributed by atoms with E-state index in [0.717, 1.165) is 29.7 Å². The summed E-state index contributed by atoms with van der Waals surface area (Å²) in [6, 6.07) is 2.25. The summed E-state index contributed by atoms with van der Waals surface area (Å²) < 4.78 is 0. The summed E-state index contributed by atoms with van der Waals surface area (Å²) in [4.78, 5) is 18.1. The van der Waals surface area contributed by atoms with Crippen LogP contribution in [0, 0.1) is 0 Å². The van der Waals surface area contributed by atoms with Crippen LogP contribution in [-0.4, -0.2) is 22.2 Å². The fraction of sp³-hybridized carbons (Fsp3) is 0.286. The van der Waals surface area contributed by atoms with Crippen LogP contribution < -0.4 is 0 Å². The minimum absolute atomic E-state index is 0.105. The average molecular weight is 226 g/mol. The normalized spacial score (nSPS) is 21.9. The van der Waals surface area contributed by atoms with E-state index in [0.29, 0.717) is 6.04 Å². The Kier molecular flexibility index (Phi) is 2.15. The number of hydrogen-bond donors (Lipinski definition) is 0. The van der Waals surface area contributed by atoms with E-state index >= 15 is 0 Å². The van der Waals surface area contributed by atoms with E-state index < -0.39 is 0 Å². The molecule has 1 aromatic rings. The third-order valence-electron chi connectivity index (χ3n) is 3.46. The Morgan fingerprint density at radius 3 is 3.18 bits per heavy atom. The van der Waals surface area contributed by atoms with Crippen molar-refractivity contribution in [2.45, 2.75) is 19.4 Å². The molecule has 0 bridgehead atoms. The predicted octanol–water partition coefficient (Wildman–Crippen LogP) is 2.33. The summed E-state index contributed by atoms with van der Waals surface area (Å²) in [6.45, 7) is 6.50. The molecule has 3 heteroatoms. The number of aromatic nitrogens is 1. The second-order valence-electron chi connectivity index (χ2n) is 4.70. The predicted molar refractivity (Wildman–Crippen MR) is 66.1 cm³/mol. The molecule has 3 nitrogen and oxygen atoms in total. The van der Waals surface area contributed by atoms with Crippen LogP contribution in [0.4, 0.5) is 0 Å². The third-order valence-corrected chi connectivity index (χ3v) is 3.46. The summed E-state index contributed by atoms with van der Waals surface area (Å²) >= 11 is 0. The van der Waals surface area contributed by atoms with Gasteiger partial charge in [-0.2, -0.15) is 0 Å². The molecule has 0 aliphatic carbocycles. The third kappa shape index (κ3) is 1.50. The monoisotopic (exact) mass is 226 g/mol. The lowest BCUT2D eigenvalue weighted by Crippen LogP contribution is -2.24. The van der Waals surface area contributed by atoms with Gasteiger partial charge in [0.15, 0.2) is 5.78 Å². The van der Waals surface area contributed by atoms with Gasteiger partial charge >= 0.3 is 0 Å². The second-order valence-corrected chi connectivity index (χ2v) is 4.70. The van der Waals surface area contributed by atoms with Crippen LogP contribution in [-0.2, 0) is 4.79 Å². The molecule has 0 radical (unpaired) electrons. The summed E-state index contributed by atoms with van der Waals surface area (Å²) in [6.07, 6.45) is 6.56. The second kappa shape index (κ2) is 3.55. The topological polar surface area (TPSA) is 33.2 Å². The first-order valence-corrected chi connectivity index (χ1v) is 5.76. The van der Waals surface area contributed by atoms with Gasteiger partial charge in [0.2, 0.25) is 0 Å². The van der Waals surface area contributed by atoms with Crippen LogP contribution in [0.25, 0.3) is 5.57 Å². The zero-order valence-electron chi connectivity index (χ0n) is 9.81. The Hall–Kier alpha value is -1.90. The maximum absolute atomic E-state index is 11.7. The number of carbonyl (C=O) groups excluding carboxylic acids is 1. The largest absolute Gasteiger partial charge is 0.365 e. The van der Waals surface area contributed by atoms with Crippen molar-refractivity contribution in [3.05, 3.63) is 47.9 Å². The van der Waals surface area contributed by atoms with Crippen molar-refractivity contribution in [1.82, 2.24) is 9.88 Å². The molecule has 1 atom stereocenters. The SMILES string of the molecule is C=C1CC2c3cnccc3C(C(C)=O)=CN2C1. The highest BCUT2D eigenvalue weighted by Crippen LogP contribution is 2.42. The Balaban J connectivity index is 2.18. The van der Waals surface area contributed by atoms with E-state index in [1.54, 1.807) is 13.1 Å². The van der Waals surface area contributed by atoms with E-state index in [1.165, 1.54) is 5.57 Å². The van der Waals surface area contributed by atoms with Crippen molar-refractivity contribution in [1.29, 1.82) is 0 Å². The van der Waals surface area contributed by atoms with E-state index in [2.05, 4.69) is 16.5 Å². The Bertz CT molecular complexity index is 545. The first kappa shape index (κ1) is 10.3. The molecule has 2 aliphatic heterocycles. The number of rotatable bonds is 1. The first-order chi connectivity index (χ1) is 8.16. The van der Waals surface area contributed by atoms with E-state index in [1.807, 2.05) is 18.5 Å². The van der Waals surface area contributed by atoms with Gasteiger partial charge in [-0.1, -0.05) is 12.2 Å². The van der Waals surface area contributed by atoms with Gasteiger partial charge in [0.1, 0.15) is 0 Å². The number of allylic oxidation sites excluding steroid dienone is 1. The van der Waals surface area contributed by atoms with E-state index in [9.17, 15) is 4.79 Å². The molecule has 1 fully saturated rings. The fourth-order valence-electron chi connectivity index (χ4n) is 2.68. The standard InChI is InChI=1S/C14H14N2O/c1-9-5-14-12-6-15-4-3-11(12)13(10(2)17)8-16(14)7-9/h3-4,6,8,14H,1,5,7H2,2H3. The van der Waals surface area contributed by atoms with Crippen LogP contribution in [0.3, 0.4) is 0 Å². The van der Waals surface area contributed by atoms with Gasteiger partial charge in [0, 0.05) is 36.3 Å². The molecule has 1 unspecified atom stereocenters. The zero-order chi connectivity index (χ0) is 12.0. The molecule has 0 spiro atoms. The summed E-state index contributed by atoms with van der Waals surface area (Å²) in [7, 11) is 0. The molecule has 0 amide bonds. The van der Waals surface area contributed by atoms with Crippen LogP contribution in [0.1, 0.15) is 30.5 Å². The van der Waals surface area contributed by atoms with Gasteiger partial charge in [0.05, 0.1) is 6.04 Å². The molecule has 86 valence electrons. The summed E-state index contributed by atoms with van der Waals surface area (Å²) in [5.41, 5.74) is 4.18. The number of Topliss-reactive ketones (excluding diaryl/α,β-unsaturated/α-hetero) is 1. The quantitative estimate of drug-likeness (QED) is 0.689. The number of hydrogen-bond acceptors (Lipinski definition) is 3. The molecule has 17 heavy (non-hydrogen) atoms. The number of nitrogens with zero attached hydrogens (tertiary/aromatic N) is 2. The molecule has 0 N–H and O–H groups in total. The number of fused-ring (bicyclic) bond motifs is 3. The highest BCUT2D eigenvalue weighted by Gasteiger charge is 2.33. The summed E-state index contributed by atoms with van der Waals surface area (Å²) in [5, 5.41) is 0. The molecule has 3 heterocycles. The maximum Gasteiger partial charge on any atom is 0.161 e. The van der Waals surface area contributed by atoms with Crippen molar-refractivity contribution >= 4 is 11.4 Å².